The van der Waals surface area contributed by atoms with Crippen LogP contribution in [0.4, 0.5) is 10.8 Å². The van der Waals surface area contributed by atoms with Gasteiger partial charge in [-0.05, 0) is 41.0 Å². The summed E-state index contributed by atoms with van der Waals surface area (Å²) in [7, 11) is 0. The number of nitrogens with one attached hydrogen (secondary N) is 2. The monoisotopic (exact) mass is 439 g/mol. The van der Waals surface area contributed by atoms with Crippen molar-refractivity contribution in [3.05, 3.63) is 76.4 Å². The second-order valence-electron chi connectivity index (χ2n) is 6.02. The van der Waals surface area contributed by atoms with Crippen molar-refractivity contribution in [1.29, 1.82) is 0 Å². The average molecular weight is 440 g/mol. The lowest BCUT2D eigenvalue weighted by atomic mass is 10.1. The zero-order valence-corrected chi connectivity index (χ0v) is 17.0. The molecule has 4 rings (SSSR count). The Morgan fingerprint density at radius 2 is 1.97 bits per heavy atom. The Labute approximate surface area is 179 Å². The molecule has 0 aliphatic rings. The number of para-hydroxylation sites is 1. The maximum atomic E-state index is 12.3. The van der Waals surface area contributed by atoms with E-state index >= 15 is 0 Å². The van der Waals surface area contributed by atoms with E-state index in [1.807, 2.05) is 30.3 Å². The molecule has 0 unspecified atom stereocenters. The molecule has 0 atom stereocenters. The summed E-state index contributed by atoms with van der Waals surface area (Å²) in [6.45, 7) is 0. The SMILES string of the molecule is O=C(CSc1nc[nH][n+]1-c1ccccc1)Nc1nc(-c2ccc([N+](=O)[O-])cc2)cs1. The molecule has 0 saturated heterocycles. The van der Waals surface area contributed by atoms with Gasteiger partial charge in [-0.2, -0.15) is 5.10 Å². The number of nitrogens with zero attached hydrogens (tertiary/aromatic N) is 4. The highest BCUT2D eigenvalue weighted by Crippen LogP contribution is 2.26. The van der Waals surface area contributed by atoms with Crippen molar-refractivity contribution in [2.24, 2.45) is 0 Å². The molecule has 2 N–H and O–H groups in total. The van der Waals surface area contributed by atoms with Crippen LogP contribution in [0.5, 0.6) is 0 Å². The van der Waals surface area contributed by atoms with E-state index in [2.05, 4.69) is 20.4 Å². The summed E-state index contributed by atoms with van der Waals surface area (Å²) in [6.07, 6.45) is 1.57. The van der Waals surface area contributed by atoms with E-state index in [1.165, 1.54) is 35.2 Å². The second-order valence-corrected chi connectivity index (χ2v) is 7.82. The molecule has 150 valence electrons. The van der Waals surface area contributed by atoms with Crippen LogP contribution in [0, 0.1) is 10.1 Å². The first kappa shape index (κ1) is 19.7. The van der Waals surface area contributed by atoms with E-state index in [-0.39, 0.29) is 17.3 Å². The third kappa shape index (κ3) is 4.53. The predicted molar refractivity (Wildman–Crippen MR) is 114 cm³/mol. The fourth-order valence-electron chi connectivity index (χ4n) is 2.62. The van der Waals surface area contributed by atoms with Crippen LogP contribution in [-0.2, 0) is 4.79 Å². The van der Waals surface area contributed by atoms with Gasteiger partial charge in [-0.3, -0.25) is 14.9 Å². The first-order valence-corrected chi connectivity index (χ1v) is 10.6. The Hall–Kier alpha value is -3.57. The minimum absolute atomic E-state index is 0.0191. The van der Waals surface area contributed by atoms with E-state index in [0.717, 1.165) is 11.3 Å². The van der Waals surface area contributed by atoms with Gasteiger partial charge < -0.3 is 5.32 Å². The number of benzene rings is 2. The van der Waals surface area contributed by atoms with Gasteiger partial charge in [0.15, 0.2) is 10.8 Å². The number of aromatic amines is 1. The summed E-state index contributed by atoms with van der Waals surface area (Å²) >= 11 is 2.60. The molecule has 0 radical (unpaired) electrons. The smallest absolute Gasteiger partial charge is 0.301 e. The molecule has 1 amide bonds. The lowest BCUT2D eigenvalue weighted by molar-refractivity contribution is -0.694. The van der Waals surface area contributed by atoms with Crippen molar-refractivity contribution < 1.29 is 14.4 Å². The van der Waals surface area contributed by atoms with Gasteiger partial charge in [-0.25, -0.2) is 4.98 Å². The summed E-state index contributed by atoms with van der Waals surface area (Å²) in [5, 5.41) is 19.5. The van der Waals surface area contributed by atoms with Crippen LogP contribution in [0.25, 0.3) is 16.9 Å². The normalized spacial score (nSPS) is 10.7. The topological polar surface area (TPSA) is 118 Å². The second kappa shape index (κ2) is 8.84. The van der Waals surface area contributed by atoms with Crippen LogP contribution >= 0.6 is 23.1 Å². The van der Waals surface area contributed by atoms with Crippen molar-refractivity contribution >= 4 is 39.8 Å². The number of hydrogen-bond acceptors (Lipinski definition) is 7. The van der Waals surface area contributed by atoms with Crippen LogP contribution in [0.1, 0.15) is 0 Å². The number of carbonyl (C=O) groups excluding carboxylic acids is 1. The molecule has 9 nitrogen and oxygen atoms in total. The predicted octanol–water partition coefficient (Wildman–Crippen LogP) is 3.45. The largest absolute Gasteiger partial charge is 0.385 e. The van der Waals surface area contributed by atoms with E-state index < -0.39 is 4.92 Å². The molecular formula is C19H15N6O3S2+. The maximum Gasteiger partial charge on any atom is 0.385 e. The molecule has 2 heterocycles. The molecule has 0 fully saturated rings. The number of nitro groups is 1. The zero-order chi connectivity index (χ0) is 20.9. The fraction of sp³-hybridized carbons (Fsp3) is 0.0526. The highest BCUT2D eigenvalue weighted by Gasteiger charge is 2.19. The Balaban J connectivity index is 1.37. The molecule has 30 heavy (non-hydrogen) atoms. The molecule has 2 aromatic carbocycles. The Morgan fingerprint density at radius 3 is 2.70 bits per heavy atom. The first-order valence-electron chi connectivity index (χ1n) is 8.74. The molecule has 0 bridgehead atoms. The lowest BCUT2D eigenvalue weighted by Gasteiger charge is -2.00. The van der Waals surface area contributed by atoms with Crippen LogP contribution < -0.4 is 10.00 Å². The quantitative estimate of drug-likeness (QED) is 0.197. The van der Waals surface area contributed by atoms with Crippen molar-refractivity contribution in [2.45, 2.75) is 5.16 Å². The van der Waals surface area contributed by atoms with Gasteiger partial charge in [0.25, 0.3) is 5.69 Å². The summed E-state index contributed by atoms with van der Waals surface area (Å²) < 4.78 is 1.80. The van der Waals surface area contributed by atoms with E-state index in [4.69, 9.17) is 0 Å². The lowest BCUT2D eigenvalue weighted by Crippen LogP contribution is -2.35. The summed E-state index contributed by atoms with van der Waals surface area (Å²) in [5.41, 5.74) is 2.33. The molecule has 2 aromatic heterocycles. The third-order valence-corrected chi connectivity index (χ3v) is 5.73. The van der Waals surface area contributed by atoms with Crippen LogP contribution in [-0.4, -0.2) is 31.6 Å². The molecule has 0 aliphatic carbocycles. The molecular weight excluding hydrogens is 424 g/mol. The van der Waals surface area contributed by atoms with Gasteiger partial charge in [0.2, 0.25) is 12.2 Å². The summed E-state index contributed by atoms with van der Waals surface area (Å²) in [4.78, 5) is 31.3. The van der Waals surface area contributed by atoms with Gasteiger partial charge in [-0.1, -0.05) is 18.2 Å². The summed E-state index contributed by atoms with van der Waals surface area (Å²) in [6, 6.07) is 15.8. The van der Waals surface area contributed by atoms with E-state index in [1.54, 1.807) is 28.5 Å². The highest BCUT2D eigenvalue weighted by molar-refractivity contribution is 7.99. The summed E-state index contributed by atoms with van der Waals surface area (Å²) in [5.74, 6) is -0.0309. The minimum Gasteiger partial charge on any atom is -0.301 e. The number of hydrogen-bond donors (Lipinski definition) is 2. The standard InChI is InChI=1S/C19H14N6O3S2/c26-17(11-30-19-20-12-21-24(19)14-4-2-1-3-5-14)23-18-22-16(10-29-18)13-6-8-15(9-7-13)25(27)28/h1-10,12H,11H2,(H,22,23,26)/p+1. The Bertz CT molecular complexity index is 1170. The number of thioether (sulfide) groups is 1. The number of amides is 1. The van der Waals surface area contributed by atoms with Crippen molar-refractivity contribution in [3.8, 4) is 16.9 Å². The fourth-order valence-corrected chi connectivity index (χ4v) is 4.10. The number of anilines is 1. The van der Waals surface area contributed by atoms with Gasteiger partial charge in [0.05, 0.1) is 16.4 Å². The number of aromatic nitrogens is 4. The van der Waals surface area contributed by atoms with E-state index in [9.17, 15) is 14.9 Å². The van der Waals surface area contributed by atoms with Crippen molar-refractivity contribution in [3.63, 3.8) is 0 Å². The zero-order valence-electron chi connectivity index (χ0n) is 15.4. The number of nitro benzene ring substituents is 1. The molecule has 0 spiro atoms. The number of non-ortho nitro benzene ring substituents is 1. The maximum absolute atomic E-state index is 12.3. The number of H-pyrrole nitrogens is 1. The highest BCUT2D eigenvalue weighted by atomic mass is 32.2. The van der Waals surface area contributed by atoms with Gasteiger partial charge in [-0.15, -0.1) is 16.0 Å². The Morgan fingerprint density at radius 1 is 1.20 bits per heavy atom. The van der Waals surface area contributed by atoms with Crippen LogP contribution in [0.2, 0.25) is 0 Å². The first-order chi connectivity index (χ1) is 14.6. The molecule has 4 aromatic rings. The minimum atomic E-state index is -0.449. The number of thiazole rings is 1. The van der Waals surface area contributed by atoms with Gasteiger partial charge in [0.1, 0.15) is 0 Å². The van der Waals surface area contributed by atoms with Gasteiger partial charge >= 0.3 is 5.16 Å². The van der Waals surface area contributed by atoms with Crippen LogP contribution in [0.3, 0.4) is 0 Å². The van der Waals surface area contributed by atoms with E-state index in [0.29, 0.717) is 16.0 Å². The Kier molecular flexibility index (Phi) is 5.82. The molecule has 0 saturated carbocycles. The number of carbonyl (C=O) groups is 1. The van der Waals surface area contributed by atoms with Crippen LogP contribution in [0.15, 0.2) is 71.5 Å². The number of rotatable bonds is 7. The average Bonchev–Trinajstić information content (AvgIpc) is 3.42. The molecule has 11 heteroatoms. The van der Waals surface area contributed by atoms with Crippen molar-refractivity contribution in [2.75, 3.05) is 11.1 Å². The van der Waals surface area contributed by atoms with Crippen molar-refractivity contribution in [1.82, 2.24) is 15.1 Å². The third-order valence-electron chi connectivity index (χ3n) is 4.02. The molecule has 0 aliphatic heterocycles. The van der Waals surface area contributed by atoms with Gasteiger partial charge in [0, 0.05) is 23.1 Å².